The highest BCUT2D eigenvalue weighted by Gasteiger charge is 2.53. The molecular weight excluding hydrogens is 410 g/mol. The smallest absolute Gasteiger partial charge is 0.231 e. The first kappa shape index (κ1) is 20.6. The lowest BCUT2D eigenvalue weighted by molar-refractivity contribution is -0.126. The standard InChI is InChI=1S/C25H23NO6/c1-12-10-19(28)18-11-17-15(6-7-16-21(17)25(31)26-24(16)30)20(22(18)23(12)29)13-2-4-14(5-3-13)32-9-8-27/h2-6,10,16-17,20-21,27H,7-9,11H2,1H3,(H,26,30,31)/t16-,17+,20-,21-/m0/s1. The Morgan fingerprint density at radius 1 is 1.06 bits per heavy atom. The third-order valence-electron chi connectivity index (χ3n) is 6.98. The minimum Gasteiger partial charge on any atom is -0.491 e. The fourth-order valence-electron chi connectivity index (χ4n) is 5.57. The summed E-state index contributed by atoms with van der Waals surface area (Å²) >= 11 is 0. The highest BCUT2D eigenvalue weighted by atomic mass is 16.5. The maximum Gasteiger partial charge on any atom is 0.231 e. The molecule has 2 N–H and O–H groups in total. The predicted molar refractivity (Wildman–Crippen MR) is 113 cm³/mol. The van der Waals surface area contributed by atoms with Gasteiger partial charge in [0, 0.05) is 22.6 Å². The van der Waals surface area contributed by atoms with Crippen LogP contribution in [0.5, 0.6) is 5.75 Å². The maximum absolute atomic E-state index is 13.2. The molecule has 2 amide bonds. The number of imide groups is 1. The summed E-state index contributed by atoms with van der Waals surface area (Å²) in [4.78, 5) is 51.1. The van der Waals surface area contributed by atoms with E-state index < -0.39 is 17.8 Å². The number of fused-ring (bicyclic) bond motifs is 3. The van der Waals surface area contributed by atoms with Gasteiger partial charge in [-0.1, -0.05) is 23.8 Å². The summed E-state index contributed by atoms with van der Waals surface area (Å²) in [5.74, 6) is -2.05. The quantitative estimate of drug-likeness (QED) is 0.426. The van der Waals surface area contributed by atoms with E-state index in [1.807, 2.05) is 18.2 Å². The molecule has 4 aliphatic rings. The summed E-state index contributed by atoms with van der Waals surface area (Å²) in [6.45, 7) is 1.72. The van der Waals surface area contributed by atoms with Crippen LogP contribution in [0.15, 0.2) is 58.7 Å². The Bertz CT molecular complexity index is 1140. The molecular formula is C25H23NO6. The van der Waals surface area contributed by atoms with Gasteiger partial charge in [-0.25, -0.2) is 0 Å². The van der Waals surface area contributed by atoms with Crippen LogP contribution in [0.4, 0.5) is 0 Å². The van der Waals surface area contributed by atoms with Gasteiger partial charge >= 0.3 is 0 Å². The van der Waals surface area contributed by atoms with E-state index in [0.717, 1.165) is 11.1 Å². The van der Waals surface area contributed by atoms with Gasteiger partial charge in [0.15, 0.2) is 11.6 Å². The van der Waals surface area contributed by atoms with Gasteiger partial charge in [0.05, 0.1) is 18.4 Å². The van der Waals surface area contributed by atoms with Crippen molar-refractivity contribution in [1.29, 1.82) is 0 Å². The van der Waals surface area contributed by atoms with Crippen molar-refractivity contribution in [3.8, 4) is 5.75 Å². The minimum atomic E-state index is -0.527. The normalized spacial score (nSPS) is 29.1. The molecule has 164 valence electrons. The largest absolute Gasteiger partial charge is 0.491 e. The minimum absolute atomic E-state index is 0.0965. The van der Waals surface area contributed by atoms with Gasteiger partial charge in [-0.2, -0.15) is 0 Å². The molecule has 0 aromatic heterocycles. The Kier molecular flexibility index (Phi) is 4.93. The molecule has 0 unspecified atom stereocenters. The molecule has 4 atom stereocenters. The lowest BCUT2D eigenvalue weighted by atomic mass is 9.59. The van der Waals surface area contributed by atoms with Crippen LogP contribution in [0.3, 0.4) is 0 Å². The average molecular weight is 433 g/mol. The first-order valence-corrected chi connectivity index (χ1v) is 10.8. The van der Waals surface area contributed by atoms with Crippen molar-refractivity contribution in [1.82, 2.24) is 5.32 Å². The molecule has 1 aromatic carbocycles. The number of Topliss-reactive ketones (excluding diaryl/α,β-unsaturated/α-hetero) is 1. The molecule has 5 rings (SSSR count). The van der Waals surface area contributed by atoms with Crippen molar-refractivity contribution in [2.24, 2.45) is 17.8 Å². The predicted octanol–water partition coefficient (Wildman–Crippen LogP) is 1.77. The molecule has 1 saturated heterocycles. The molecule has 1 aliphatic heterocycles. The number of carbonyl (C=O) groups is 4. The van der Waals surface area contributed by atoms with Crippen LogP contribution in [0, 0.1) is 17.8 Å². The van der Waals surface area contributed by atoms with Gasteiger partial charge in [-0.15, -0.1) is 0 Å². The molecule has 1 heterocycles. The number of amides is 2. The van der Waals surface area contributed by atoms with Crippen LogP contribution in [0.2, 0.25) is 0 Å². The number of allylic oxidation sites excluding steroid dienone is 6. The Morgan fingerprint density at radius 3 is 2.53 bits per heavy atom. The number of ketones is 2. The molecule has 1 fully saturated rings. The highest BCUT2D eigenvalue weighted by molar-refractivity contribution is 6.23. The first-order chi connectivity index (χ1) is 15.4. The number of rotatable bonds is 4. The van der Waals surface area contributed by atoms with Gasteiger partial charge in [0.2, 0.25) is 11.8 Å². The second-order valence-electron chi connectivity index (χ2n) is 8.72. The highest BCUT2D eigenvalue weighted by Crippen LogP contribution is 2.54. The molecule has 7 nitrogen and oxygen atoms in total. The third-order valence-corrected chi connectivity index (χ3v) is 6.98. The van der Waals surface area contributed by atoms with E-state index in [0.29, 0.717) is 28.9 Å². The van der Waals surface area contributed by atoms with E-state index >= 15 is 0 Å². The van der Waals surface area contributed by atoms with Crippen LogP contribution < -0.4 is 10.1 Å². The summed E-state index contributed by atoms with van der Waals surface area (Å²) < 4.78 is 5.45. The van der Waals surface area contributed by atoms with Crippen LogP contribution in [-0.2, 0) is 19.2 Å². The number of aliphatic hydroxyl groups excluding tert-OH is 1. The summed E-state index contributed by atoms with van der Waals surface area (Å²) in [5, 5.41) is 11.4. The second kappa shape index (κ2) is 7.67. The number of ether oxygens (including phenoxy) is 1. The van der Waals surface area contributed by atoms with Gasteiger partial charge in [0.25, 0.3) is 0 Å². The summed E-state index contributed by atoms with van der Waals surface area (Å²) in [6, 6.07) is 7.24. The maximum atomic E-state index is 13.2. The molecule has 3 aliphatic carbocycles. The Labute approximate surface area is 184 Å². The molecule has 0 saturated carbocycles. The fourth-order valence-corrected chi connectivity index (χ4v) is 5.57. The Balaban J connectivity index is 1.63. The molecule has 0 radical (unpaired) electrons. The lowest BCUT2D eigenvalue weighted by Crippen LogP contribution is -2.39. The number of aliphatic hydroxyl groups is 1. The van der Waals surface area contributed by atoms with Crippen molar-refractivity contribution < 1.29 is 29.0 Å². The summed E-state index contributed by atoms with van der Waals surface area (Å²) in [6.07, 6.45) is 4.08. The van der Waals surface area contributed by atoms with E-state index in [1.165, 1.54) is 6.08 Å². The molecule has 0 spiro atoms. The Hall–Kier alpha value is -3.32. The second-order valence-corrected chi connectivity index (χ2v) is 8.72. The van der Waals surface area contributed by atoms with E-state index in [4.69, 9.17) is 9.84 Å². The number of benzene rings is 1. The van der Waals surface area contributed by atoms with E-state index in [2.05, 4.69) is 5.32 Å². The lowest BCUT2D eigenvalue weighted by Gasteiger charge is -2.42. The van der Waals surface area contributed by atoms with Crippen molar-refractivity contribution in [2.45, 2.75) is 25.7 Å². The van der Waals surface area contributed by atoms with Crippen LogP contribution in [0.1, 0.15) is 31.2 Å². The van der Waals surface area contributed by atoms with Crippen molar-refractivity contribution in [3.63, 3.8) is 0 Å². The molecule has 32 heavy (non-hydrogen) atoms. The SMILES string of the molecule is CC1=CC(=O)C2=C(C1=O)[C@@H](c1ccc(OCCO)cc1)C1=CC[C@@H]3C(=O)NC(=O)[C@@H]3[C@@H]1C2. The van der Waals surface area contributed by atoms with Gasteiger partial charge in [-0.05, 0) is 49.5 Å². The van der Waals surface area contributed by atoms with E-state index in [9.17, 15) is 19.2 Å². The van der Waals surface area contributed by atoms with Crippen molar-refractivity contribution >= 4 is 23.4 Å². The zero-order valence-electron chi connectivity index (χ0n) is 17.6. The van der Waals surface area contributed by atoms with Gasteiger partial charge in [0.1, 0.15) is 12.4 Å². The van der Waals surface area contributed by atoms with E-state index in [1.54, 1.807) is 19.1 Å². The molecule has 1 aromatic rings. The topological polar surface area (TPSA) is 110 Å². The zero-order valence-corrected chi connectivity index (χ0v) is 17.6. The molecule has 0 bridgehead atoms. The average Bonchev–Trinajstić information content (AvgIpc) is 3.09. The van der Waals surface area contributed by atoms with Gasteiger partial charge < -0.3 is 9.84 Å². The Morgan fingerprint density at radius 2 is 1.81 bits per heavy atom. The van der Waals surface area contributed by atoms with Crippen molar-refractivity contribution in [2.75, 3.05) is 13.2 Å². The first-order valence-electron chi connectivity index (χ1n) is 10.8. The van der Waals surface area contributed by atoms with E-state index in [-0.39, 0.29) is 48.9 Å². The van der Waals surface area contributed by atoms with Crippen LogP contribution in [0.25, 0.3) is 0 Å². The number of hydrogen-bond acceptors (Lipinski definition) is 6. The monoisotopic (exact) mass is 433 g/mol. The van der Waals surface area contributed by atoms with Crippen LogP contribution in [-0.4, -0.2) is 41.7 Å². The number of nitrogens with one attached hydrogen (secondary N) is 1. The van der Waals surface area contributed by atoms with Gasteiger partial charge in [-0.3, -0.25) is 24.5 Å². The third kappa shape index (κ3) is 3.07. The van der Waals surface area contributed by atoms with Crippen molar-refractivity contribution in [3.05, 3.63) is 64.3 Å². The fraction of sp³-hybridized carbons (Fsp3) is 0.360. The summed E-state index contributed by atoms with van der Waals surface area (Å²) in [5.41, 5.74) is 3.08. The summed E-state index contributed by atoms with van der Waals surface area (Å²) in [7, 11) is 0. The van der Waals surface area contributed by atoms with Crippen LogP contribution >= 0.6 is 0 Å². The molecule has 7 heteroatoms. The number of hydrogen-bond donors (Lipinski definition) is 2. The number of carbonyl (C=O) groups excluding carboxylic acids is 4. The zero-order chi connectivity index (χ0) is 22.6.